The third-order valence-electron chi connectivity index (χ3n) is 4.52. The second-order valence-corrected chi connectivity index (χ2v) is 7.05. The summed E-state index contributed by atoms with van der Waals surface area (Å²) in [6.45, 7) is 9.08. The van der Waals surface area contributed by atoms with E-state index in [0.717, 1.165) is 12.8 Å². The van der Waals surface area contributed by atoms with Crippen molar-refractivity contribution in [3.8, 4) is 0 Å². The Kier molecular flexibility index (Phi) is 3.55. The SMILES string of the molecule is Cc1cc(C)cc(C2(N)CCCC(C)(C)CC2)c1. The lowest BCUT2D eigenvalue weighted by atomic mass is 9.80. The van der Waals surface area contributed by atoms with E-state index in [1.54, 1.807) is 0 Å². The molecule has 1 unspecified atom stereocenters. The minimum absolute atomic E-state index is 0.107. The molecule has 2 rings (SSSR count). The van der Waals surface area contributed by atoms with Gasteiger partial charge in [0.05, 0.1) is 0 Å². The summed E-state index contributed by atoms with van der Waals surface area (Å²) >= 11 is 0. The maximum Gasteiger partial charge on any atom is 0.0410 e. The number of nitrogens with two attached hydrogens (primary N) is 1. The van der Waals surface area contributed by atoms with Gasteiger partial charge in [0.25, 0.3) is 0 Å². The van der Waals surface area contributed by atoms with Crippen LogP contribution in [0.5, 0.6) is 0 Å². The van der Waals surface area contributed by atoms with E-state index in [-0.39, 0.29) is 5.54 Å². The van der Waals surface area contributed by atoms with Gasteiger partial charge >= 0.3 is 0 Å². The fourth-order valence-corrected chi connectivity index (χ4v) is 3.24. The third-order valence-corrected chi connectivity index (χ3v) is 4.52. The van der Waals surface area contributed by atoms with E-state index >= 15 is 0 Å². The molecule has 0 bridgehead atoms. The Morgan fingerprint density at radius 3 is 2.11 bits per heavy atom. The quantitative estimate of drug-likeness (QED) is 0.727. The summed E-state index contributed by atoms with van der Waals surface area (Å²) in [4.78, 5) is 0. The van der Waals surface area contributed by atoms with Gasteiger partial charge in [-0.2, -0.15) is 0 Å². The van der Waals surface area contributed by atoms with Crippen molar-refractivity contribution < 1.29 is 0 Å². The van der Waals surface area contributed by atoms with Crippen molar-refractivity contribution >= 4 is 0 Å². The van der Waals surface area contributed by atoms with Gasteiger partial charge in [0.15, 0.2) is 0 Å². The van der Waals surface area contributed by atoms with Crippen LogP contribution in [0, 0.1) is 19.3 Å². The average Bonchev–Trinajstić information content (AvgIpc) is 2.38. The summed E-state index contributed by atoms with van der Waals surface area (Å²) in [7, 11) is 0. The number of rotatable bonds is 1. The molecule has 1 atom stereocenters. The van der Waals surface area contributed by atoms with E-state index in [9.17, 15) is 0 Å². The van der Waals surface area contributed by atoms with Crippen molar-refractivity contribution in [3.63, 3.8) is 0 Å². The lowest BCUT2D eigenvalue weighted by Gasteiger charge is -2.30. The van der Waals surface area contributed by atoms with Gasteiger partial charge in [-0.1, -0.05) is 49.6 Å². The molecule has 0 amide bonds. The maximum atomic E-state index is 6.74. The van der Waals surface area contributed by atoms with Crippen molar-refractivity contribution in [3.05, 3.63) is 34.9 Å². The molecule has 1 aliphatic rings. The Bertz CT molecular complexity index is 413. The molecule has 0 aliphatic heterocycles. The largest absolute Gasteiger partial charge is 0.321 e. The van der Waals surface area contributed by atoms with Crippen LogP contribution in [0.2, 0.25) is 0 Å². The molecule has 1 aromatic rings. The van der Waals surface area contributed by atoms with E-state index in [1.807, 2.05) is 0 Å². The Morgan fingerprint density at radius 1 is 0.889 bits per heavy atom. The number of benzene rings is 1. The Hall–Kier alpha value is -0.820. The predicted octanol–water partition coefficient (Wildman–Crippen LogP) is 4.45. The molecule has 0 aromatic heterocycles. The molecule has 1 saturated carbocycles. The topological polar surface area (TPSA) is 26.0 Å². The van der Waals surface area contributed by atoms with Gasteiger partial charge in [-0.05, 0) is 50.5 Å². The smallest absolute Gasteiger partial charge is 0.0410 e. The molecule has 0 spiro atoms. The first-order chi connectivity index (χ1) is 8.31. The van der Waals surface area contributed by atoms with E-state index in [0.29, 0.717) is 5.41 Å². The van der Waals surface area contributed by atoms with Gasteiger partial charge in [-0.3, -0.25) is 0 Å². The number of hydrogen-bond donors (Lipinski definition) is 1. The number of aryl methyl sites for hydroxylation is 2. The molecule has 1 fully saturated rings. The summed E-state index contributed by atoms with van der Waals surface area (Å²) in [6.07, 6.45) is 6.02. The summed E-state index contributed by atoms with van der Waals surface area (Å²) in [5.74, 6) is 0. The fourth-order valence-electron chi connectivity index (χ4n) is 3.24. The lowest BCUT2D eigenvalue weighted by Crippen LogP contribution is -2.36. The van der Waals surface area contributed by atoms with Crippen LogP contribution in [0.25, 0.3) is 0 Å². The van der Waals surface area contributed by atoms with Crippen molar-refractivity contribution in [2.24, 2.45) is 11.1 Å². The van der Waals surface area contributed by atoms with Gasteiger partial charge in [0.2, 0.25) is 0 Å². The Balaban J connectivity index is 2.30. The van der Waals surface area contributed by atoms with Crippen LogP contribution >= 0.6 is 0 Å². The van der Waals surface area contributed by atoms with Gasteiger partial charge in [-0.15, -0.1) is 0 Å². The predicted molar refractivity (Wildman–Crippen MR) is 78.6 cm³/mol. The molecule has 100 valence electrons. The first-order valence-electron chi connectivity index (χ1n) is 7.18. The minimum atomic E-state index is -0.107. The van der Waals surface area contributed by atoms with E-state index < -0.39 is 0 Å². The summed E-state index contributed by atoms with van der Waals surface area (Å²) in [5.41, 5.74) is 11.1. The highest BCUT2D eigenvalue weighted by molar-refractivity contribution is 5.33. The van der Waals surface area contributed by atoms with Crippen LogP contribution in [0.4, 0.5) is 0 Å². The zero-order valence-electron chi connectivity index (χ0n) is 12.3. The minimum Gasteiger partial charge on any atom is -0.321 e. The van der Waals surface area contributed by atoms with Gasteiger partial charge in [-0.25, -0.2) is 0 Å². The fraction of sp³-hybridized carbons (Fsp3) is 0.647. The van der Waals surface area contributed by atoms with Gasteiger partial charge in [0, 0.05) is 5.54 Å². The lowest BCUT2D eigenvalue weighted by molar-refractivity contribution is 0.299. The van der Waals surface area contributed by atoms with E-state index in [1.165, 1.54) is 36.0 Å². The van der Waals surface area contributed by atoms with Crippen LogP contribution in [-0.2, 0) is 5.54 Å². The van der Waals surface area contributed by atoms with E-state index in [2.05, 4.69) is 45.9 Å². The van der Waals surface area contributed by atoms with Crippen molar-refractivity contribution in [2.75, 3.05) is 0 Å². The van der Waals surface area contributed by atoms with Crippen LogP contribution < -0.4 is 5.73 Å². The molecular weight excluding hydrogens is 218 g/mol. The van der Waals surface area contributed by atoms with Crippen LogP contribution in [0.3, 0.4) is 0 Å². The zero-order chi connectivity index (χ0) is 13.4. The normalized spacial score (nSPS) is 27.8. The first kappa shape index (κ1) is 13.6. The number of hydrogen-bond acceptors (Lipinski definition) is 1. The Morgan fingerprint density at radius 2 is 1.50 bits per heavy atom. The average molecular weight is 245 g/mol. The summed E-state index contributed by atoms with van der Waals surface area (Å²) in [5, 5.41) is 0. The van der Waals surface area contributed by atoms with Crippen molar-refractivity contribution in [1.29, 1.82) is 0 Å². The summed E-state index contributed by atoms with van der Waals surface area (Å²) in [6, 6.07) is 6.80. The van der Waals surface area contributed by atoms with Crippen LogP contribution in [-0.4, -0.2) is 0 Å². The molecule has 0 radical (unpaired) electrons. The third kappa shape index (κ3) is 2.95. The van der Waals surface area contributed by atoms with Crippen LogP contribution in [0.1, 0.15) is 62.6 Å². The first-order valence-corrected chi connectivity index (χ1v) is 7.18. The highest BCUT2D eigenvalue weighted by Gasteiger charge is 2.33. The van der Waals surface area contributed by atoms with Crippen molar-refractivity contribution in [2.45, 2.75) is 65.3 Å². The van der Waals surface area contributed by atoms with E-state index in [4.69, 9.17) is 5.73 Å². The molecule has 1 heteroatoms. The van der Waals surface area contributed by atoms with Crippen LogP contribution in [0.15, 0.2) is 18.2 Å². The molecule has 1 nitrogen and oxygen atoms in total. The molecule has 0 heterocycles. The highest BCUT2D eigenvalue weighted by atomic mass is 14.7. The molecule has 1 aromatic carbocycles. The van der Waals surface area contributed by atoms with Gasteiger partial charge in [0.1, 0.15) is 0 Å². The molecule has 18 heavy (non-hydrogen) atoms. The van der Waals surface area contributed by atoms with Gasteiger partial charge < -0.3 is 5.73 Å². The zero-order valence-corrected chi connectivity index (χ0v) is 12.3. The standard InChI is InChI=1S/C17H27N/c1-13-10-14(2)12-15(11-13)17(18)7-5-6-16(3,4)8-9-17/h10-12H,5-9,18H2,1-4H3. The molecular formula is C17H27N. The maximum absolute atomic E-state index is 6.74. The molecule has 2 N–H and O–H groups in total. The summed E-state index contributed by atoms with van der Waals surface area (Å²) < 4.78 is 0. The van der Waals surface area contributed by atoms with Crippen molar-refractivity contribution in [1.82, 2.24) is 0 Å². The molecule has 0 saturated heterocycles. The highest BCUT2D eigenvalue weighted by Crippen LogP contribution is 2.41. The Labute approximate surface area is 112 Å². The second-order valence-electron chi connectivity index (χ2n) is 7.05. The second kappa shape index (κ2) is 4.70. The molecule has 1 aliphatic carbocycles. The monoisotopic (exact) mass is 245 g/mol.